The molecule has 0 saturated carbocycles. The summed E-state index contributed by atoms with van der Waals surface area (Å²) in [5.74, 6) is 0. The fraction of sp³-hybridized carbons (Fsp3) is 0. The van der Waals surface area contributed by atoms with Crippen LogP contribution in [0.3, 0.4) is 0 Å². The average molecular weight is 272 g/mol. The summed E-state index contributed by atoms with van der Waals surface area (Å²) >= 11 is 0. The second kappa shape index (κ2) is 71.3. The van der Waals surface area contributed by atoms with Crippen molar-refractivity contribution in [1.29, 1.82) is 0 Å². The van der Waals surface area contributed by atoms with Crippen molar-refractivity contribution in [2.45, 2.75) is 0 Å². The summed E-state index contributed by atoms with van der Waals surface area (Å²) in [4.78, 5) is 0. The molecule has 0 aromatic rings. The van der Waals surface area contributed by atoms with Crippen molar-refractivity contribution >= 4 is 48.9 Å². The predicted molar refractivity (Wildman–Crippen MR) is 5.75 cm³/mol. The number of hydrogen-bond donors (Lipinski definition) is 0. The van der Waals surface area contributed by atoms with Crippen LogP contribution >= 0.6 is 0 Å². The molecule has 0 amide bonds. The molecule has 0 atom stereocenters. The Bertz CT molecular complexity index is 7.51. The maximum atomic E-state index is 0. The molecule has 0 spiro atoms. The fourth-order valence-corrected chi connectivity index (χ4v) is 0. The van der Waals surface area contributed by atoms with Gasteiger partial charge in [-0.15, -0.1) is 0 Å². The van der Waals surface area contributed by atoms with E-state index in [0.717, 1.165) is 0 Å². The number of halogens is 4. The Balaban J connectivity index is 0. The first kappa shape index (κ1) is 112. The normalized spacial score (nSPS) is 0. The second-order valence-electron chi connectivity index (χ2n) is 0. The standard InChI is InChI=1S/Ba.4FH.Ni/h;4*1H;/q+2;;;;;+2/p-4. The molecular weight excluding hydrogens is 272 g/mol. The van der Waals surface area contributed by atoms with Gasteiger partial charge in [0.1, 0.15) is 0 Å². The Labute approximate surface area is 82.9 Å². The molecule has 0 nitrogen and oxygen atoms in total. The molecule has 0 unspecified atom stereocenters. The summed E-state index contributed by atoms with van der Waals surface area (Å²) in [6.07, 6.45) is 0. The van der Waals surface area contributed by atoms with Crippen molar-refractivity contribution in [2.75, 3.05) is 0 Å². The molecule has 0 aliphatic heterocycles. The molecule has 40 valence electrons. The van der Waals surface area contributed by atoms with Gasteiger partial charge in [-0.1, -0.05) is 0 Å². The molecule has 0 radical (unpaired) electrons. The topological polar surface area (TPSA) is 0 Å². The Morgan fingerprint density at radius 2 is 0.500 bits per heavy atom. The first-order valence-corrected chi connectivity index (χ1v) is 0. The summed E-state index contributed by atoms with van der Waals surface area (Å²) in [5, 5.41) is 0. The summed E-state index contributed by atoms with van der Waals surface area (Å²) in [6, 6.07) is 0. The number of hydrogen-bond acceptors (Lipinski definition) is 0. The Morgan fingerprint density at radius 3 is 0.500 bits per heavy atom. The van der Waals surface area contributed by atoms with Crippen LogP contribution in [0, 0.1) is 0 Å². The summed E-state index contributed by atoms with van der Waals surface area (Å²) < 4.78 is 0. The van der Waals surface area contributed by atoms with Crippen LogP contribution in [0.2, 0.25) is 0 Å². The molecule has 6 heavy (non-hydrogen) atoms. The van der Waals surface area contributed by atoms with Gasteiger partial charge in [0.25, 0.3) is 0 Å². The molecule has 0 saturated heterocycles. The molecule has 0 heterocycles. The van der Waals surface area contributed by atoms with Crippen LogP contribution < -0.4 is 18.8 Å². The molecule has 0 bridgehead atoms. The van der Waals surface area contributed by atoms with E-state index in [9.17, 15) is 0 Å². The van der Waals surface area contributed by atoms with Gasteiger partial charge in [-0.3, -0.25) is 0 Å². The molecule has 0 aliphatic carbocycles. The van der Waals surface area contributed by atoms with Crippen LogP contribution in [-0.4, -0.2) is 48.9 Å². The van der Waals surface area contributed by atoms with Crippen molar-refractivity contribution in [1.82, 2.24) is 0 Å². The minimum Gasteiger partial charge on any atom is -1.00 e. The van der Waals surface area contributed by atoms with Crippen molar-refractivity contribution < 1.29 is 35.3 Å². The third-order valence-corrected chi connectivity index (χ3v) is 0. The van der Waals surface area contributed by atoms with Crippen LogP contribution in [0.4, 0.5) is 0 Å². The minimum atomic E-state index is 0. The molecule has 0 aromatic heterocycles. The third kappa shape index (κ3) is 41.6. The van der Waals surface area contributed by atoms with Gasteiger partial charge in [0.2, 0.25) is 0 Å². The van der Waals surface area contributed by atoms with Gasteiger partial charge >= 0.3 is 65.4 Å². The Morgan fingerprint density at radius 1 is 0.500 bits per heavy atom. The summed E-state index contributed by atoms with van der Waals surface area (Å²) in [5.41, 5.74) is 0. The van der Waals surface area contributed by atoms with Gasteiger partial charge in [-0.05, 0) is 0 Å². The van der Waals surface area contributed by atoms with E-state index in [4.69, 9.17) is 0 Å². The van der Waals surface area contributed by atoms with Crippen LogP contribution in [0.5, 0.6) is 0 Å². The van der Waals surface area contributed by atoms with Crippen LogP contribution in [0.1, 0.15) is 0 Å². The van der Waals surface area contributed by atoms with E-state index >= 15 is 0 Å². The van der Waals surface area contributed by atoms with Gasteiger partial charge in [0.15, 0.2) is 0 Å². The van der Waals surface area contributed by atoms with Gasteiger partial charge in [0.05, 0.1) is 0 Å². The van der Waals surface area contributed by atoms with E-state index in [2.05, 4.69) is 0 Å². The van der Waals surface area contributed by atoms with Crippen LogP contribution in [0.25, 0.3) is 0 Å². The zero-order chi connectivity index (χ0) is 0. The van der Waals surface area contributed by atoms with Crippen molar-refractivity contribution in [2.24, 2.45) is 0 Å². The van der Waals surface area contributed by atoms with Crippen molar-refractivity contribution in [3.63, 3.8) is 0 Å². The molecule has 0 aromatic carbocycles. The SMILES string of the molecule is [Ba+2].[F-].[F-].[F-].[F-].[Ni+2]. The van der Waals surface area contributed by atoms with Gasteiger partial charge in [-0.2, -0.15) is 0 Å². The maximum absolute atomic E-state index is 0. The molecule has 0 fully saturated rings. The van der Waals surface area contributed by atoms with E-state index in [-0.39, 0.29) is 84.2 Å². The summed E-state index contributed by atoms with van der Waals surface area (Å²) in [6.45, 7) is 0. The Hall–Kier alpha value is 1.78. The average Bonchev–Trinajstić information content (AvgIpc) is 0. The molecule has 0 aliphatic rings. The third-order valence-electron chi connectivity index (χ3n) is 0. The molecule has 0 N–H and O–H groups in total. The molecule has 6 heteroatoms. The largest absolute Gasteiger partial charge is 2.00 e. The molecule has 0 rings (SSSR count). The monoisotopic (exact) mass is 272 g/mol. The van der Waals surface area contributed by atoms with E-state index in [0.29, 0.717) is 0 Å². The van der Waals surface area contributed by atoms with E-state index in [1.807, 2.05) is 0 Å². The minimum absolute atomic E-state index is 0. The fourth-order valence-electron chi connectivity index (χ4n) is 0. The zero-order valence-corrected chi connectivity index (χ0v) is 7.96. The summed E-state index contributed by atoms with van der Waals surface area (Å²) in [7, 11) is 0. The van der Waals surface area contributed by atoms with Gasteiger partial charge in [-0.25, -0.2) is 0 Å². The van der Waals surface area contributed by atoms with E-state index < -0.39 is 0 Å². The van der Waals surface area contributed by atoms with E-state index in [1.54, 1.807) is 0 Å². The zero-order valence-electron chi connectivity index (χ0n) is 2.54. The first-order chi connectivity index (χ1) is 0. The van der Waals surface area contributed by atoms with Gasteiger partial charge in [0, 0.05) is 0 Å². The van der Waals surface area contributed by atoms with Crippen molar-refractivity contribution in [3.05, 3.63) is 0 Å². The smallest absolute Gasteiger partial charge is 1.00 e. The van der Waals surface area contributed by atoms with Gasteiger partial charge < -0.3 is 18.8 Å². The Kier molecular flexibility index (Phi) is 1340. The first-order valence-electron chi connectivity index (χ1n) is 0. The van der Waals surface area contributed by atoms with E-state index in [1.165, 1.54) is 0 Å². The maximum Gasteiger partial charge on any atom is 2.00 e. The predicted octanol–water partition coefficient (Wildman–Crippen LogP) is -12.4. The quantitative estimate of drug-likeness (QED) is 0.303. The number of rotatable bonds is 0. The second-order valence-corrected chi connectivity index (χ2v) is 0. The van der Waals surface area contributed by atoms with Crippen LogP contribution in [0.15, 0.2) is 0 Å². The molecular formula is BaF4Ni. The van der Waals surface area contributed by atoms with Crippen molar-refractivity contribution in [3.8, 4) is 0 Å². The van der Waals surface area contributed by atoms with Crippen LogP contribution in [-0.2, 0) is 16.5 Å².